The molecular weight excluding hydrogens is 527 g/mol. The molecule has 0 aromatic heterocycles. The van der Waals surface area contributed by atoms with Crippen molar-refractivity contribution in [2.75, 3.05) is 13.2 Å². The van der Waals surface area contributed by atoms with Gasteiger partial charge < -0.3 is 14.0 Å². The Labute approximate surface area is 262 Å². The third kappa shape index (κ3) is 25.3. The van der Waals surface area contributed by atoms with Crippen molar-refractivity contribution >= 4 is 22.1 Å². The normalized spacial score (nSPS) is 13.8. The van der Waals surface area contributed by atoms with Gasteiger partial charge in [-0.1, -0.05) is 130 Å². The molecule has 0 aliphatic carbocycles. The molecule has 9 heteroatoms. The summed E-state index contributed by atoms with van der Waals surface area (Å²) in [5.74, 6) is -1.84. The zero-order chi connectivity index (χ0) is 28.7. The number of rotatable bonds is 26. The summed E-state index contributed by atoms with van der Waals surface area (Å²) in [7, 11) is -5.03. The van der Waals surface area contributed by atoms with E-state index in [2.05, 4.69) is 13.8 Å². The summed E-state index contributed by atoms with van der Waals surface area (Å²) in [5.41, 5.74) is 0. The zero-order valence-electron chi connectivity index (χ0n) is 25.8. The molecule has 0 aromatic carbocycles. The minimum Gasteiger partial charge on any atom is -0.747 e. The van der Waals surface area contributed by atoms with Gasteiger partial charge in [0.2, 0.25) is 0 Å². The van der Waals surface area contributed by atoms with Gasteiger partial charge in [0.05, 0.1) is 19.6 Å². The minimum atomic E-state index is -5.03. The molecule has 0 amide bonds. The number of ether oxygens (including phenoxy) is 2. The molecule has 0 saturated carbocycles. The van der Waals surface area contributed by atoms with Crippen molar-refractivity contribution in [3.63, 3.8) is 0 Å². The van der Waals surface area contributed by atoms with Gasteiger partial charge in [0.25, 0.3) is 0 Å². The number of carbonyl (C=O) groups excluding carboxylic acids is 2. The minimum absolute atomic E-state index is 0. The molecule has 39 heavy (non-hydrogen) atoms. The second kappa shape index (κ2) is 26.7. The van der Waals surface area contributed by atoms with Gasteiger partial charge in [0, 0.05) is 0 Å². The van der Waals surface area contributed by atoms with Crippen LogP contribution in [0.4, 0.5) is 0 Å². The van der Waals surface area contributed by atoms with Crippen molar-refractivity contribution in [1.82, 2.24) is 0 Å². The van der Waals surface area contributed by atoms with E-state index >= 15 is 0 Å². The van der Waals surface area contributed by atoms with Gasteiger partial charge in [0.15, 0.2) is 5.25 Å². The molecule has 3 atom stereocenters. The van der Waals surface area contributed by atoms with Crippen LogP contribution in [0.2, 0.25) is 0 Å². The predicted octanol–water partition coefficient (Wildman–Crippen LogP) is 4.71. The quantitative estimate of drug-likeness (QED) is 0.0627. The zero-order valence-corrected chi connectivity index (χ0v) is 28.7. The van der Waals surface area contributed by atoms with Gasteiger partial charge in [-0.05, 0) is 24.7 Å². The smallest absolute Gasteiger partial charge is 0.747 e. The van der Waals surface area contributed by atoms with Crippen molar-refractivity contribution in [3.8, 4) is 0 Å². The van der Waals surface area contributed by atoms with E-state index in [4.69, 9.17) is 9.47 Å². The van der Waals surface area contributed by atoms with Crippen LogP contribution in [0.15, 0.2) is 0 Å². The van der Waals surface area contributed by atoms with E-state index < -0.39 is 33.7 Å². The summed E-state index contributed by atoms with van der Waals surface area (Å²) in [6.07, 6.45) is 20.4. The molecule has 0 spiro atoms. The van der Waals surface area contributed by atoms with Crippen LogP contribution in [0.5, 0.6) is 0 Å². The van der Waals surface area contributed by atoms with Gasteiger partial charge in [-0.15, -0.1) is 0 Å². The molecule has 0 rings (SSSR count). The molecule has 226 valence electrons. The largest absolute Gasteiger partial charge is 1.00 e. The summed E-state index contributed by atoms with van der Waals surface area (Å²) in [6.45, 7) is 8.49. The SMILES string of the molecule is CCCCCCCCCCC(C)COC(=O)CC(C(=O)OCC(C)CCCCCCCCCC)S(=O)(=O)[O-].[Na+]. The van der Waals surface area contributed by atoms with Crippen LogP contribution in [-0.4, -0.2) is 43.4 Å². The van der Waals surface area contributed by atoms with E-state index in [1.54, 1.807) is 0 Å². The number of carbonyl (C=O) groups is 2. The molecule has 3 unspecified atom stereocenters. The molecule has 7 nitrogen and oxygen atoms in total. The monoisotopic (exact) mass is 584 g/mol. The predicted molar refractivity (Wildman–Crippen MR) is 153 cm³/mol. The Kier molecular flexibility index (Phi) is 28.1. The summed E-state index contributed by atoms with van der Waals surface area (Å²) in [4.78, 5) is 24.5. The summed E-state index contributed by atoms with van der Waals surface area (Å²) in [6, 6.07) is 0. The van der Waals surface area contributed by atoms with E-state index in [0.717, 1.165) is 38.5 Å². The van der Waals surface area contributed by atoms with Crippen LogP contribution in [0, 0.1) is 11.8 Å². The maximum absolute atomic E-state index is 12.3. The first-order valence-corrected chi connectivity index (χ1v) is 16.9. The fourth-order valence-corrected chi connectivity index (χ4v) is 5.13. The molecule has 0 saturated heterocycles. The second-order valence-electron chi connectivity index (χ2n) is 11.2. The summed E-state index contributed by atoms with van der Waals surface area (Å²) in [5, 5.41) is -2.06. The van der Waals surface area contributed by atoms with Crippen molar-refractivity contribution in [3.05, 3.63) is 0 Å². The van der Waals surface area contributed by atoms with Crippen LogP contribution < -0.4 is 29.6 Å². The van der Waals surface area contributed by atoms with E-state index in [1.165, 1.54) is 77.0 Å². The van der Waals surface area contributed by atoms with Crippen LogP contribution >= 0.6 is 0 Å². The first-order chi connectivity index (χ1) is 18.1. The molecule has 0 aliphatic rings. The number of hydrogen-bond acceptors (Lipinski definition) is 7. The Morgan fingerprint density at radius 3 is 1.38 bits per heavy atom. The maximum Gasteiger partial charge on any atom is 1.00 e. The third-order valence-electron chi connectivity index (χ3n) is 7.10. The Morgan fingerprint density at radius 2 is 1.00 bits per heavy atom. The van der Waals surface area contributed by atoms with Crippen LogP contribution in [-0.2, 0) is 29.2 Å². The van der Waals surface area contributed by atoms with E-state index in [1.807, 2.05) is 13.8 Å². The van der Waals surface area contributed by atoms with Crippen LogP contribution in [0.25, 0.3) is 0 Å². The average molecular weight is 585 g/mol. The Morgan fingerprint density at radius 1 is 0.641 bits per heavy atom. The molecule has 0 heterocycles. The fraction of sp³-hybridized carbons (Fsp3) is 0.933. The third-order valence-corrected chi connectivity index (χ3v) is 8.16. The van der Waals surface area contributed by atoms with Crippen LogP contribution in [0.1, 0.15) is 150 Å². The molecule has 0 fully saturated rings. The van der Waals surface area contributed by atoms with Gasteiger partial charge in [-0.3, -0.25) is 9.59 Å². The Hall–Kier alpha value is -0.150. The van der Waals surface area contributed by atoms with Crippen molar-refractivity contribution < 1.29 is 61.6 Å². The van der Waals surface area contributed by atoms with E-state index in [-0.39, 0.29) is 54.6 Å². The Balaban J connectivity index is 0. The molecule has 0 aliphatic heterocycles. The molecule has 0 N–H and O–H groups in total. The average Bonchev–Trinajstić information content (AvgIpc) is 2.87. The fourth-order valence-electron chi connectivity index (χ4n) is 4.49. The van der Waals surface area contributed by atoms with E-state index in [0.29, 0.717) is 0 Å². The van der Waals surface area contributed by atoms with E-state index in [9.17, 15) is 22.6 Å². The topological polar surface area (TPSA) is 110 Å². The molecular formula is C30H57NaO7S. The van der Waals surface area contributed by atoms with Gasteiger partial charge >= 0.3 is 41.5 Å². The molecule has 0 radical (unpaired) electrons. The second-order valence-corrected chi connectivity index (χ2v) is 12.8. The summed E-state index contributed by atoms with van der Waals surface area (Å²) < 4.78 is 45.3. The van der Waals surface area contributed by atoms with Gasteiger partial charge in [-0.2, -0.15) is 0 Å². The number of esters is 2. The Bertz CT molecular complexity index is 699. The molecule has 0 bridgehead atoms. The first-order valence-electron chi connectivity index (χ1n) is 15.4. The summed E-state index contributed by atoms with van der Waals surface area (Å²) >= 11 is 0. The van der Waals surface area contributed by atoms with Gasteiger partial charge in [0.1, 0.15) is 10.1 Å². The molecule has 0 aromatic rings. The van der Waals surface area contributed by atoms with Gasteiger partial charge in [-0.25, -0.2) is 8.42 Å². The first kappa shape index (κ1) is 41.0. The number of unbranched alkanes of at least 4 members (excludes halogenated alkanes) is 14. The van der Waals surface area contributed by atoms with Crippen molar-refractivity contribution in [2.45, 2.75) is 155 Å². The number of hydrogen-bond donors (Lipinski definition) is 0. The standard InChI is InChI=1S/C30H58O7S.Na/c1-5-7-9-11-13-15-17-19-21-26(3)24-36-29(31)23-28(38(33,34)35)30(32)37-25-27(4)22-20-18-16-14-12-10-8-6-2;/h26-28H,5-25H2,1-4H3,(H,33,34,35);/q;+1/p-1. The van der Waals surface area contributed by atoms with Crippen LogP contribution in [0.3, 0.4) is 0 Å². The van der Waals surface area contributed by atoms with Crippen molar-refractivity contribution in [1.29, 1.82) is 0 Å². The maximum atomic E-state index is 12.3. The van der Waals surface area contributed by atoms with Crippen molar-refractivity contribution in [2.24, 2.45) is 11.8 Å².